The Bertz CT molecular complexity index is 309. The second kappa shape index (κ2) is 5.48. The van der Waals surface area contributed by atoms with Crippen molar-refractivity contribution < 1.29 is 0 Å². The van der Waals surface area contributed by atoms with Crippen molar-refractivity contribution in [2.24, 2.45) is 5.41 Å². The molecule has 0 saturated heterocycles. The van der Waals surface area contributed by atoms with E-state index in [1.165, 1.54) is 5.56 Å². The van der Waals surface area contributed by atoms with E-state index in [9.17, 15) is 0 Å². The predicted octanol–water partition coefficient (Wildman–Crippen LogP) is 2.99. The molecule has 0 aliphatic carbocycles. The van der Waals surface area contributed by atoms with Crippen LogP contribution in [0.1, 0.15) is 52.6 Å². The molecular weight excluding hydrogens is 198 g/mol. The van der Waals surface area contributed by atoms with Gasteiger partial charge in [0.15, 0.2) is 0 Å². The predicted molar refractivity (Wildman–Crippen MR) is 68.4 cm³/mol. The van der Waals surface area contributed by atoms with E-state index in [4.69, 9.17) is 0 Å². The van der Waals surface area contributed by atoms with E-state index in [0.717, 1.165) is 19.5 Å². The van der Waals surface area contributed by atoms with E-state index >= 15 is 0 Å². The standard InChI is InChI=1S/C13H25N3/c1-6-8-14-12(13(3,4)5)11-9-15-16(7-2)10-11/h9-10,12,14H,6-8H2,1-5H3. The number of hydrogen-bond donors (Lipinski definition) is 1. The van der Waals surface area contributed by atoms with Gasteiger partial charge in [-0.05, 0) is 25.3 Å². The summed E-state index contributed by atoms with van der Waals surface area (Å²) in [4.78, 5) is 0. The van der Waals surface area contributed by atoms with Crippen molar-refractivity contribution in [2.75, 3.05) is 6.54 Å². The molecule has 0 bridgehead atoms. The first kappa shape index (κ1) is 13.2. The molecule has 1 aromatic heterocycles. The Morgan fingerprint density at radius 2 is 2.06 bits per heavy atom. The Kier molecular flexibility index (Phi) is 4.54. The average Bonchev–Trinajstić information content (AvgIpc) is 2.65. The van der Waals surface area contributed by atoms with Gasteiger partial charge >= 0.3 is 0 Å². The molecule has 0 aliphatic heterocycles. The van der Waals surface area contributed by atoms with Crippen molar-refractivity contribution >= 4 is 0 Å². The molecule has 1 heterocycles. The van der Waals surface area contributed by atoms with Crippen LogP contribution in [0.2, 0.25) is 0 Å². The maximum Gasteiger partial charge on any atom is 0.0537 e. The zero-order valence-corrected chi connectivity index (χ0v) is 11.2. The first-order chi connectivity index (χ1) is 7.49. The molecule has 1 aromatic rings. The normalized spacial score (nSPS) is 14.1. The number of aromatic nitrogens is 2. The summed E-state index contributed by atoms with van der Waals surface area (Å²) in [6.07, 6.45) is 5.30. The van der Waals surface area contributed by atoms with Crippen molar-refractivity contribution in [1.82, 2.24) is 15.1 Å². The topological polar surface area (TPSA) is 29.9 Å². The largest absolute Gasteiger partial charge is 0.309 e. The summed E-state index contributed by atoms with van der Waals surface area (Å²) in [5.41, 5.74) is 1.51. The van der Waals surface area contributed by atoms with E-state index in [0.29, 0.717) is 6.04 Å². The Hall–Kier alpha value is -0.830. The average molecular weight is 223 g/mol. The molecule has 1 unspecified atom stereocenters. The van der Waals surface area contributed by atoms with Crippen molar-refractivity contribution in [3.63, 3.8) is 0 Å². The summed E-state index contributed by atoms with van der Waals surface area (Å²) >= 11 is 0. The second-order valence-electron chi connectivity index (χ2n) is 5.38. The molecule has 16 heavy (non-hydrogen) atoms. The summed E-state index contributed by atoms with van der Waals surface area (Å²) in [5.74, 6) is 0. The molecular formula is C13H25N3. The van der Waals surface area contributed by atoms with Crippen LogP contribution < -0.4 is 5.32 Å². The highest BCUT2D eigenvalue weighted by molar-refractivity contribution is 5.13. The highest BCUT2D eigenvalue weighted by atomic mass is 15.3. The van der Waals surface area contributed by atoms with Gasteiger partial charge in [-0.25, -0.2) is 0 Å². The monoisotopic (exact) mass is 223 g/mol. The van der Waals surface area contributed by atoms with Crippen LogP contribution >= 0.6 is 0 Å². The lowest BCUT2D eigenvalue weighted by molar-refractivity contribution is 0.273. The molecule has 3 heteroatoms. The van der Waals surface area contributed by atoms with Crippen molar-refractivity contribution in [2.45, 2.75) is 53.6 Å². The molecule has 1 rings (SSSR count). The third-order valence-corrected chi connectivity index (χ3v) is 2.78. The van der Waals surface area contributed by atoms with Gasteiger partial charge in [-0.15, -0.1) is 0 Å². The van der Waals surface area contributed by atoms with Crippen LogP contribution in [0.5, 0.6) is 0 Å². The lowest BCUT2D eigenvalue weighted by Gasteiger charge is -2.31. The minimum atomic E-state index is 0.219. The number of nitrogens with one attached hydrogen (secondary N) is 1. The van der Waals surface area contributed by atoms with Gasteiger partial charge in [-0.2, -0.15) is 5.10 Å². The molecule has 3 nitrogen and oxygen atoms in total. The zero-order valence-electron chi connectivity index (χ0n) is 11.2. The highest BCUT2D eigenvalue weighted by Crippen LogP contribution is 2.32. The van der Waals surface area contributed by atoms with Gasteiger partial charge in [-0.3, -0.25) is 4.68 Å². The highest BCUT2D eigenvalue weighted by Gasteiger charge is 2.26. The van der Waals surface area contributed by atoms with E-state index in [1.807, 2.05) is 10.9 Å². The Morgan fingerprint density at radius 3 is 2.50 bits per heavy atom. The summed E-state index contributed by atoms with van der Waals surface area (Å²) in [6.45, 7) is 13.1. The Morgan fingerprint density at radius 1 is 1.38 bits per heavy atom. The lowest BCUT2D eigenvalue weighted by atomic mass is 9.83. The Labute approximate surface area is 99.2 Å². The van der Waals surface area contributed by atoms with Gasteiger partial charge < -0.3 is 5.32 Å². The minimum Gasteiger partial charge on any atom is -0.309 e. The van der Waals surface area contributed by atoms with E-state index in [-0.39, 0.29) is 5.41 Å². The fraction of sp³-hybridized carbons (Fsp3) is 0.769. The Balaban J connectivity index is 2.83. The third-order valence-electron chi connectivity index (χ3n) is 2.78. The molecule has 1 atom stereocenters. The van der Waals surface area contributed by atoms with Crippen molar-refractivity contribution in [3.8, 4) is 0 Å². The summed E-state index contributed by atoms with van der Waals surface area (Å²) < 4.78 is 1.99. The number of nitrogens with zero attached hydrogens (tertiary/aromatic N) is 2. The molecule has 0 saturated carbocycles. The van der Waals surface area contributed by atoms with Crippen molar-refractivity contribution in [3.05, 3.63) is 18.0 Å². The quantitative estimate of drug-likeness (QED) is 0.831. The number of aryl methyl sites for hydroxylation is 1. The van der Waals surface area contributed by atoms with Gasteiger partial charge in [0.1, 0.15) is 0 Å². The van der Waals surface area contributed by atoms with Gasteiger partial charge in [0.2, 0.25) is 0 Å². The fourth-order valence-electron chi connectivity index (χ4n) is 1.91. The number of hydrogen-bond acceptors (Lipinski definition) is 2. The van der Waals surface area contributed by atoms with Crippen LogP contribution in [0, 0.1) is 5.41 Å². The summed E-state index contributed by atoms with van der Waals surface area (Å²) in [5, 5.41) is 7.96. The maximum atomic E-state index is 4.35. The molecule has 1 N–H and O–H groups in total. The van der Waals surface area contributed by atoms with Crippen LogP contribution in [0.4, 0.5) is 0 Å². The van der Waals surface area contributed by atoms with Gasteiger partial charge in [0, 0.05) is 24.3 Å². The summed E-state index contributed by atoms with van der Waals surface area (Å²) in [6, 6.07) is 0.382. The first-order valence-electron chi connectivity index (χ1n) is 6.24. The smallest absolute Gasteiger partial charge is 0.0537 e. The zero-order chi connectivity index (χ0) is 12.2. The van der Waals surface area contributed by atoms with Crippen LogP contribution in [-0.2, 0) is 6.54 Å². The fourth-order valence-corrected chi connectivity index (χ4v) is 1.91. The van der Waals surface area contributed by atoms with Crippen LogP contribution in [0.15, 0.2) is 12.4 Å². The maximum absolute atomic E-state index is 4.35. The van der Waals surface area contributed by atoms with Crippen LogP contribution in [0.3, 0.4) is 0 Å². The SMILES string of the molecule is CCCNC(c1cnn(CC)c1)C(C)(C)C. The first-order valence-corrected chi connectivity index (χ1v) is 6.24. The number of rotatable bonds is 5. The van der Waals surface area contributed by atoms with Gasteiger partial charge in [0.25, 0.3) is 0 Å². The van der Waals surface area contributed by atoms with Crippen molar-refractivity contribution in [1.29, 1.82) is 0 Å². The third kappa shape index (κ3) is 3.34. The van der Waals surface area contributed by atoms with E-state index < -0.39 is 0 Å². The van der Waals surface area contributed by atoms with E-state index in [1.54, 1.807) is 0 Å². The lowest BCUT2D eigenvalue weighted by Crippen LogP contribution is -2.32. The molecule has 0 radical (unpaired) electrons. The molecule has 0 aromatic carbocycles. The minimum absolute atomic E-state index is 0.219. The second-order valence-corrected chi connectivity index (χ2v) is 5.38. The van der Waals surface area contributed by atoms with Crippen LogP contribution in [-0.4, -0.2) is 16.3 Å². The van der Waals surface area contributed by atoms with E-state index in [2.05, 4.69) is 51.2 Å². The molecule has 0 spiro atoms. The van der Waals surface area contributed by atoms with Gasteiger partial charge in [0.05, 0.1) is 6.20 Å². The molecule has 0 amide bonds. The molecule has 0 aliphatic rings. The van der Waals surface area contributed by atoms with Crippen LogP contribution in [0.25, 0.3) is 0 Å². The molecule has 0 fully saturated rings. The van der Waals surface area contributed by atoms with Gasteiger partial charge in [-0.1, -0.05) is 27.7 Å². The summed E-state index contributed by atoms with van der Waals surface area (Å²) in [7, 11) is 0. The molecule has 92 valence electrons.